The van der Waals surface area contributed by atoms with E-state index in [9.17, 15) is 4.79 Å². The molecule has 0 saturated carbocycles. The number of hydrogen-bond acceptors (Lipinski definition) is 6. The summed E-state index contributed by atoms with van der Waals surface area (Å²) in [5.41, 5.74) is 0. The van der Waals surface area contributed by atoms with E-state index in [-0.39, 0.29) is 5.91 Å². The Morgan fingerprint density at radius 1 is 1.40 bits per heavy atom. The Morgan fingerprint density at radius 3 is 3.00 bits per heavy atom. The van der Waals surface area contributed by atoms with Crippen LogP contribution in [0.1, 0.15) is 38.5 Å². The standard InChI is InChI=1S/C18H26N4O3/c1-14-7-11-22(12-8-14)10-3-9-19-16(23)5-6-17-20-18(21-25-17)15-4-2-13-24-15/h2,4,13-14H,3,5-12H2,1H3,(H,19,23). The number of amides is 1. The fourth-order valence-corrected chi connectivity index (χ4v) is 2.99. The third kappa shape index (κ3) is 5.42. The number of rotatable bonds is 8. The van der Waals surface area contributed by atoms with Crippen LogP contribution in [0.3, 0.4) is 0 Å². The molecule has 1 aliphatic rings. The second-order valence-electron chi connectivity index (χ2n) is 6.72. The molecular formula is C18H26N4O3. The fraction of sp³-hybridized carbons (Fsp3) is 0.611. The lowest BCUT2D eigenvalue weighted by Gasteiger charge is -2.30. The minimum absolute atomic E-state index is 0.0185. The molecule has 1 aliphatic heterocycles. The number of nitrogens with zero attached hydrogens (tertiary/aromatic N) is 3. The van der Waals surface area contributed by atoms with Crippen LogP contribution < -0.4 is 5.32 Å². The highest BCUT2D eigenvalue weighted by Gasteiger charge is 2.15. The first-order valence-electron chi connectivity index (χ1n) is 9.06. The van der Waals surface area contributed by atoms with Gasteiger partial charge < -0.3 is 19.2 Å². The molecule has 1 amide bonds. The molecule has 0 bridgehead atoms. The zero-order valence-corrected chi connectivity index (χ0v) is 14.7. The minimum Gasteiger partial charge on any atom is -0.461 e. The predicted octanol–water partition coefficient (Wildman–Crippen LogP) is 2.50. The van der Waals surface area contributed by atoms with Crippen molar-refractivity contribution in [3.63, 3.8) is 0 Å². The monoisotopic (exact) mass is 346 g/mol. The molecule has 1 fully saturated rings. The number of piperidine rings is 1. The van der Waals surface area contributed by atoms with E-state index in [1.165, 1.54) is 25.9 Å². The van der Waals surface area contributed by atoms with Gasteiger partial charge in [0, 0.05) is 19.4 Å². The third-order valence-electron chi connectivity index (χ3n) is 4.63. The number of hydrogen-bond donors (Lipinski definition) is 1. The van der Waals surface area contributed by atoms with Crippen LogP contribution in [-0.2, 0) is 11.2 Å². The Labute approximate surface area is 147 Å². The fourth-order valence-electron chi connectivity index (χ4n) is 2.99. The Hall–Kier alpha value is -2.15. The van der Waals surface area contributed by atoms with E-state index in [0.29, 0.717) is 36.9 Å². The summed E-state index contributed by atoms with van der Waals surface area (Å²) in [7, 11) is 0. The van der Waals surface area contributed by atoms with Crippen molar-refractivity contribution in [1.29, 1.82) is 0 Å². The average molecular weight is 346 g/mol. The van der Waals surface area contributed by atoms with E-state index < -0.39 is 0 Å². The van der Waals surface area contributed by atoms with Gasteiger partial charge in [0.1, 0.15) is 0 Å². The van der Waals surface area contributed by atoms with Crippen molar-refractivity contribution in [3.05, 3.63) is 24.3 Å². The molecule has 1 N–H and O–H groups in total. The normalized spacial score (nSPS) is 16.2. The number of carbonyl (C=O) groups excluding carboxylic acids is 1. The summed E-state index contributed by atoms with van der Waals surface area (Å²) in [6.07, 6.45) is 5.91. The van der Waals surface area contributed by atoms with Crippen LogP contribution in [0, 0.1) is 5.92 Å². The predicted molar refractivity (Wildman–Crippen MR) is 92.8 cm³/mol. The molecule has 25 heavy (non-hydrogen) atoms. The van der Waals surface area contributed by atoms with Crippen molar-refractivity contribution in [3.8, 4) is 11.6 Å². The highest BCUT2D eigenvalue weighted by atomic mass is 16.5. The number of nitrogens with one attached hydrogen (secondary N) is 1. The first-order chi connectivity index (χ1) is 12.2. The van der Waals surface area contributed by atoms with Crippen molar-refractivity contribution in [1.82, 2.24) is 20.4 Å². The molecule has 3 heterocycles. The number of aryl methyl sites for hydroxylation is 1. The molecule has 0 aliphatic carbocycles. The Morgan fingerprint density at radius 2 is 2.24 bits per heavy atom. The molecule has 1 saturated heterocycles. The molecule has 2 aromatic heterocycles. The zero-order chi connectivity index (χ0) is 17.5. The van der Waals surface area contributed by atoms with Gasteiger partial charge in [0.15, 0.2) is 5.76 Å². The smallest absolute Gasteiger partial charge is 0.238 e. The first kappa shape index (κ1) is 17.7. The summed E-state index contributed by atoms with van der Waals surface area (Å²) < 4.78 is 10.4. The Bertz CT molecular complexity index is 645. The number of carbonyl (C=O) groups is 1. The molecule has 3 rings (SSSR count). The maximum absolute atomic E-state index is 11.9. The Kier molecular flexibility index (Phi) is 6.22. The highest BCUT2D eigenvalue weighted by molar-refractivity contribution is 5.75. The van der Waals surface area contributed by atoms with E-state index in [0.717, 1.165) is 18.9 Å². The summed E-state index contributed by atoms with van der Waals surface area (Å²) in [5, 5.41) is 6.81. The van der Waals surface area contributed by atoms with Gasteiger partial charge in [-0.3, -0.25) is 4.79 Å². The SMILES string of the molecule is CC1CCN(CCCNC(=O)CCc2nc(-c3ccco3)no2)CC1. The van der Waals surface area contributed by atoms with Crippen LogP contribution in [0.2, 0.25) is 0 Å². The Balaban J connectivity index is 1.29. The number of likely N-dealkylation sites (tertiary alicyclic amines) is 1. The summed E-state index contributed by atoms with van der Waals surface area (Å²) in [6.45, 7) is 6.46. The van der Waals surface area contributed by atoms with Gasteiger partial charge in [0.2, 0.25) is 17.6 Å². The van der Waals surface area contributed by atoms with Gasteiger partial charge >= 0.3 is 0 Å². The molecule has 7 nitrogen and oxygen atoms in total. The van der Waals surface area contributed by atoms with Gasteiger partial charge in [-0.1, -0.05) is 12.1 Å². The maximum Gasteiger partial charge on any atom is 0.238 e. The van der Waals surface area contributed by atoms with E-state index in [1.807, 2.05) is 0 Å². The average Bonchev–Trinajstić information content (AvgIpc) is 3.29. The van der Waals surface area contributed by atoms with Crippen molar-refractivity contribution < 1.29 is 13.7 Å². The van der Waals surface area contributed by atoms with Crippen molar-refractivity contribution >= 4 is 5.91 Å². The van der Waals surface area contributed by atoms with Gasteiger partial charge in [-0.2, -0.15) is 4.98 Å². The third-order valence-corrected chi connectivity index (χ3v) is 4.63. The first-order valence-corrected chi connectivity index (χ1v) is 9.06. The van der Waals surface area contributed by atoms with Crippen LogP contribution in [0.15, 0.2) is 27.3 Å². The largest absolute Gasteiger partial charge is 0.461 e. The van der Waals surface area contributed by atoms with Gasteiger partial charge in [0.05, 0.1) is 6.26 Å². The van der Waals surface area contributed by atoms with Crippen LogP contribution in [0.5, 0.6) is 0 Å². The zero-order valence-electron chi connectivity index (χ0n) is 14.7. The summed E-state index contributed by atoms with van der Waals surface area (Å²) in [5.74, 6) is 2.30. The minimum atomic E-state index is 0.0185. The van der Waals surface area contributed by atoms with Crippen LogP contribution in [0.4, 0.5) is 0 Å². The lowest BCUT2D eigenvalue weighted by atomic mass is 9.99. The van der Waals surface area contributed by atoms with Crippen LogP contribution >= 0.6 is 0 Å². The number of furan rings is 1. The van der Waals surface area contributed by atoms with Gasteiger partial charge in [-0.25, -0.2) is 0 Å². The molecule has 7 heteroatoms. The molecule has 0 spiro atoms. The van der Waals surface area contributed by atoms with Crippen molar-refractivity contribution in [2.45, 2.75) is 39.0 Å². The quantitative estimate of drug-likeness (QED) is 0.739. The second kappa shape index (κ2) is 8.80. The van der Waals surface area contributed by atoms with Crippen molar-refractivity contribution in [2.75, 3.05) is 26.2 Å². The molecular weight excluding hydrogens is 320 g/mol. The second-order valence-corrected chi connectivity index (χ2v) is 6.72. The number of aromatic nitrogens is 2. The lowest BCUT2D eigenvalue weighted by molar-refractivity contribution is -0.121. The van der Waals surface area contributed by atoms with E-state index in [1.54, 1.807) is 18.4 Å². The summed E-state index contributed by atoms with van der Waals surface area (Å²) >= 11 is 0. The summed E-state index contributed by atoms with van der Waals surface area (Å²) in [6, 6.07) is 3.54. The molecule has 0 unspecified atom stereocenters. The van der Waals surface area contributed by atoms with Gasteiger partial charge in [0.25, 0.3) is 0 Å². The van der Waals surface area contributed by atoms with E-state index in [4.69, 9.17) is 8.94 Å². The maximum atomic E-state index is 11.9. The van der Waals surface area contributed by atoms with E-state index in [2.05, 4.69) is 27.3 Å². The lowest BCUT2D eigenvalue weighted by Crippen LogP contribution is -2.35. The van der Waals surface area contributed by atoms with Crippen LogP contribution in [-0.4, -0.2) is 47.1 Å². The van der Waals surface area contributed by atoms with E-state index >= 15 is 0 Å². The van der Waals surface area contributed by atoms with Gasteiger partial charge in [-0.05, 0) is 56.9 Å². The summed E-state index contributed by atoms with van der Waals surface area (Å²) in [4.78, 5) is 18.6. The van der Waals surface area contributed by atoms with Gasteiger partial charge in [-0.15, -0.1) is 0 Å². The molecule has 2 aromatic rings. The van der Waals surface area contributed by atoms with Crippen LogP contribution in [0.25, 0.3) is 11.6 Å². The molecule has 0 aromatic carbocycles. The highest BCUT2D eigenvalue weighted by Crippen LogP contribution is 2.16. The van der Waals surface area contributed by atoms with Crippen molar-refractivity contribution in [2.24, 2.45) is 5.92 Å². The topological polar surface area (TPSA) is 84.4 Å². The molecule has 0 radical (unpaired) electrons. The molecule has 136 valence electrons. The molecule has 0 atom stereocenters.